The van der Waals surface area contributed by atoms with E-state index in [1.54, 1.807) is 12.1 Å². The molecule has 1 aromatic heterocycles. The molecule has 0 unspecified atom stereocenters. The number of rotatable bonds is 0. The fourth-order valence-electron chi connectivity index (χ4n) is 1.17. The summed E-state index contributed by atoms with van der Waals surface area (Å²) in [5.41, 5.74) is 0.631. The van der Waals surface area contributed by atoms with Gasteiger partial charge >= 0.3 is 0 Å². The highest BCUT2D eigenvalue weighted by Gasteiger charge is 2.02. The summed E-state index contributed by atoms with van der Waals surface area (Å²) < 4.78 is 0.828. The van der Waals surface area contributed by atoms with Crippen LogP contribution in [0.1, 0.15) is 0 Å². The van der Waals surface area contributed by atoms with Gasteiger partial charge in [-0.05, 0) is 34.1 Å². The van der Waals surface area contributed by atoms with Gasteiger partial charge in [0.25, 0.3) is 0 Å². The van der Waals surface area contributed by atoms with Crippen LogP contribution < -0.4 is 5.56 Å². The standard InChI is InChI=1S/C9H5BrClNO/c10-6-2-3-7-5(9(6)11)1-4-8(13)12-7/h1-4H,(H,12,13). The van der Waals surface area contributed by atoms with Crippen molar-refractivity contribution in [2.75, 3.05) is 0 Å². The number of pyridine rings is 1. The van der Waals surface area contributed by atoms with Crippen LogP contribution in [0.5, 0.6) is 0 Å². The van der Waals surface area contributed by atoms with Crippen molar-refractivity contribution in [1.29, 1.82) is 0 Å². The third-order valence-electron chi connectivity index (χ3n) is 1.79. The first kappa shape index (κ1) is 8.78. The highest BCUT2D eigenvalue weighted by molar-refractivity contribution is 9.10. The second-order valence-electron chi connectivity index (χ2n) is 2.65. The van der Waals surface area contributed by atoms with Crippen LogP contribution in [0.15, 0.2) is 33.5 Å². The second kappa shape index (κ2) is 3.16. The third kappa shape index (κ3) is 1.49. The van der Waals surface area contributed by atoms with Crippen LogP contribution in [0, 0.1) is 0 Å². The number of aromatic nitrogens is 1. The highest BCUT2D eigenvalue weighted by Crippen LogP contribution is 2.28. The van der Waals surface area contributed by atoms with Gasteiger partial charge in [-0.25, -0.2) is 0 Å². The molecule has 0 aliphatic carbocycles. The smallest absolute Gasteiger partial charge is 0.248 e. The van der Waals surface area contributed by atoms with Crippen molar-refractivity contribution < 1.29 is 0 Å². The molecule has 2 rings (SSSR count). The summed E-state index contributed by atoms with van der Waals surface area (Å²) in [5.74, 6) is 0. The van der Waals surface area contributed by atoms with Crippen molar-refractivity contribution in [3.63, 3.8) is 0 Å². The zero-order chi connectivity index (χ0) is 9.42. The summed E-state index contributed by atoms with van der Waals surface area (Å²) in [6.07, 6.45) is 0. The van der Waals surface area contributed by atoms with Crippen molar-refractivity contribution in [2.45, 2.75) is 0 Å². The first-order chi connectivity index (χ1) is 6.18. The molecule has 0 saturated carbocycles. The average Bonchev–Trinajstić information content (AvgIpc) is 2.12. The normalized spacial score (nSPS) is 10.6. The van der Waals surface area contributed by atoms with Crippen molar-refractivity contribution in [3.8, 4) is 0 Å². The molecule has 0 bridgehead atoms. The Kier molecular flexibility index (Phi) is 2.14. The van der Waals surface area contributed by atoms with E-state index in [1.165, 1.54) is 6.07 Å². The molecule has 0 atom stereocenters. The maximum absolute atomic E-state index is 11.0. The van der Waals surface area contributed by atoms with Crippen LogP contribution in [-0.4, -0.2) is 4.98 Å². The molecule has 13 heavy (non-hydrogen) atoms. The molecule has 0 saturated heterocycles. The quantitative estimate of drug-likeness (QED) is 0.774. The molecule has 1 heterocycles. The predicted molar refractivity (Wildman–Crippen MR) is 57.3 cm³/mol. The molecule has 0 radical (unpaired) electrons. The van der Waals surface area contributed by atoms with Crippen LogP contribution in [0.4, 0.5) is 0 Å². The van der Waals surface area contributed by atoms with Gasteiger partial charge in [-0.2, -0.15) is 0 Å². The van der Waals surface area contributed by atoms with Crippen LogP contribution >= 0.6 is 27.5 Å². The van der Waals surface area contributed by atoms with E-state index in [0.29, 0.717) is 5.02 Å². The van der Waals surface area contributed by atoms with E-state index in [9.17, 15) is 4.79 Å². The molecule has 0 fully saturated rings. The maximum atomic E-state index is 11.0. The van der Waals surface area contributed by atoms with Gasteiger partial charge in [0, 0.05) is 21.4 Å². The van der Waals surface area contributed by atoms with Crippen molar-refractivity contribution in [1.82, 2.24) is 4.98 Å². The van der Waals surface area contributed by atoms with Crippen LogP contribution in [0.25, 0.3) is 10.9 Å². The zero-order valence-electron chi connectivity index (χ0n) is 6.47. The lowest BCUT2D eigenvalue weighted by Crippen LogP contribution is -2.02. The SMILES string of the molecule is O=c1ccc2c(Cl)c(Br)ccc2[nH]1. The Bertz CT molecular complexity index is 520. The van der Waals surface area contributed by atoms with E-state index in [4.69, 9.17) is 11.6 Å². The molecule has 0 spiro atoms. The third-order valence-corrected chi connectivity index (χ3v) is 3.09. The van der Waals surface area contributed by atoms with Gasteiger partial charge < -0.3 is 4.98 Å². The number of halogens is 2. The number of H-pyrrole nitrogens is 1. The number of hydrogen-bond donors (Lipinski definition) is 1. The summed E-state index contributed by atoms with van der Waals surface area (Å²) in [7, 11) is 0. The monoisotopic (exact) mass is 257 g/mol. The fraction of sp³-hybridized carbons (Fsp3) is 0. The van der Waals surface area contributed by atoms with E-state index in [1.807, 2.05) is 6.07 Å². The summed E-state index contributed by atoms with van der Waals surface area (Å²) in [6, 6.07) is 6.79. The number of hydrogen-bond acceptors (Lipinski definition) is 1. The van der Waals surface area contributed by atoms with Crippen molar-refractivity contribution in [2.24, 2.45) is 0 Å². The Hall–Kier alpha value is -0.800. The van der Waals surface area contributed by atoms with Crippen LogP contribution in [-0.2, 0) is 0 Å². The Morgan fingerprint density at radius 1 is 1.23 bits per heavy atom. The molecular formula is C9H5BrClNO. The molecule has 0 amide bonds. The molecular weight excluding hydrogens is 253 g/mol. The van der Waals surface area contributed by atoms with Gasteiger partial charge in [-0.3, -0.25) is 4.79 Å². The minimum atomic E-state index is -0.120. The average molecular weight is 259 g/mol. The van der Waals surface area contributed by atoms with Gasteiger partial charge in [0.2, 0.25) is 5.56 Å². The largest absolute Gasteiger partial charge is 0.322 e. The summed E-state index contributed by atoms with van der Waals surface area (Å²) in [4.78, 5) is 13.7. The maximum Gasteiger partial charge on any atom is 0.248 e. The summed E-state index contributed by atoms with van der Waals surface area (Å²) in [5, 5.41) is 1.46. The Morgan fingerprint density at radius 2 is 2.00 bits per heavy atom. The summed E-state index contributed by atoms with van der Waals surface area (Å²) in [6.45, 7) is 0. The molecule has 66 valence electrons. The first-order valence-electron chi connectivity index (χ1n) is 3.65. The Labute approximate surface area is 87.7 Å². The fourth-order valence-corrected chi connectivity index (χ4v) is 1.75. The topological polar surface area (TPSA) is 32.9 Å². The van der Waals surface area contributed by atoms with Gasteiger partial charge in [-0.15, -0.1) is 0 Å². The number of aromatic amines is 1. The number of fused-ring (bicyclic) bond motifs is 1. The van der Waals surface area contributed by atoms with E-state index in [-0.39, 0.29) is 5.56 Å². The number of nitrogens with one attached hydrogen (secondary N) is 1. The van der Waals surface area contributed by atoms with Gasteiger partial charge in [0.1, 0.15) is 0 Å². The second-order valence-corrected chi connectivity index (χ2v) is 3.88. The Balaban J connectivity index is 2.95. The van der Waals surface area contributed by atoms with E-state index in [2.05, 4.69) is 20.9 Å². The zero-order valence-corrected chi connectivity index (χ0v) is 8.82. The molecule has 4 heteroatoms. The van der Waals surface area contributed by atoms with Crippen molar-refractivity contribution >= 4 is 38.4 Å². The lowest BCUT2D eigenvalue weighted by Gasteiger charge is -2.00. The van der Waals surface area contributed by atoms with Gasteiger partial charge in [0.05, 0.1) is 5.02 Å². The van der Waals surface area contributed by atoms with E-state index >= 15 is 0 Å². The molecule has 0 aliphatic heterocycles. The lowest BCUT2D eigenvalue weighted by atomic mass is 10.2. The van der Waals surface area contributed by atoms with E-state index < -0.39 is 0 Å². The predicted octanol–water partition coefficient (Wildman–Crippen LogP) is 2.94. The van der Waals surface area contributed by atoms with Gasteiger partial charge in [-0.1, -0.05) is 11.6 Å². The first-order valence-corrected chi connectivity index (χ1v) is 4.82. The number of benzene rings is 1. The minimum absolute atomic E-state index is 0.120. The molecule has 0 aliphatic rings. The molecule has 2 nitrogen and oxygen atoms in total. The lowest BCUT2D eigenvalue weighted by molar-refractivity contribution is 1.31. The molecule has 1 N–H and O–H groups in total. The highest BCUT2D eigenvalue weighted by atomic mass is 79.9. The Morgan fingerprint density at radius 3 is 2.77 bits per heavy atom. The molecule has 2 aromatic rings. The van der Waals surface area contributed by atoms with E-state index in [0.717, 1.165) is 15.4 Å². The minimum Gasteiger partial charge on any atom is -0.322 e. The van der Waals surface area contributed by atoms with Gasteiger partial charge in [0.15, 0.2) is 0 Å². The molecule has 1 aromatic carbocycles. The van der Waals surface area contributed by atoms with Crippen LogP contribution in [0.3, 0.4) is 0 Å². The van der Waals surface area contributed by atoms with Crippen molar-refractivity contribution in [3.05, 3.63) is 44.1 Å². The summed E-state index contributed by atoms with van der Waals surface area (Å²) >= 11 is 9.32. The van der Waals surface area contributed by atoms with Crippen LogP contribution in [0.2, 0.25) is 5.02 Å².